The first-order valence-corrected chi connectivity index (χ1v) is 6.03. The third-order valence-corrected chi connectivity index (χ3v) is 2.68. The van der Waals surface area contributed by atoms with Crippen LogP contribution in [0, 0.1) is 5.82 Å². The van der Waals surface area contributed by atoms with E-state index < -0.39 is 11.7 Å². The molecule has 0 radical (unpaired) electrons. The second-order valence-electron chi connectivity index (χ2n) is 4.22. The molecule has 0 aliphatic rings. The molecule has 0 amide bonds. The fourth-order valence-electron chi connectivity index (χ4n) is 1.65. The van der Waals surface area contributed by atoms with Crippen molar-refractivity contribution in [2.24, 2.45) is 5.16 Å². The van der Waals surface area contributed by atoms with Gasteiger partial charge in [0.05, 0.1) is 11.8 Å². The number of halogens is 4. The fraction of sp³-hybridized carbons (Fsp3) is 0.133. The molecule has 2 aromatic rings. The molecule has 0 spiro atoms. The third-order valence-electron chi connectivity index (χ3n) is 2.68. The summed E-state index contributed by atoms with van der Waals surface area (Å²) in [4.78, 5) is 4.91. The van der Waals surface area contributed by atoms with Crippen LogP contribution in [0.3, 0.4) is 0 Å². The van der Waals surface area contributed by atoms with Crippen LogP contribution in [0.15, 0.2) is 53.7 Å². The predicted octanol–water partition coefficient (Wildman–Crippen LogP) is 4.40. The van der Waals surface area contributed by atoms with Crippen molar-refractivity contribution in [3.8, 4) is 0 Å². The van der Waals surface area contributed by atoms with Crippen LogP contribution in [-0.2, 0) is 17.6 Å². The van der Waals surface area contributed by atoms with E-state index in [4.69, 9.17) is 4.84 Å². The highest BCUT2D eigenvalue weighted by Crippen LogP contribution is 2.31. The van der Waals surface area contributed by atoms with Gasteiger partial charge in [-0.3, -0.25) is 0 Å². The normalized spacial score (nSPS) is 11.8. The maximum atomic E-state index is 12.7. The number of benzene rings is 2. The molecule has 0 bridgehead atoms. The van der Waals surface area contributed by atoms with E-state index in [1.54, 1.807) is 0 Å². The Balaban J connectivity index is 2.00. The summed E-state index contributed by atoms with van der Waals surface area (Å²) in [7, 11) is 0. The molecule has 0 N–H and O–H groups in total. The van der Waals surface area contributed by atoms with Gasteiger partial charge in [0.2, 0.25) is 0 Å². The van der Waals surface area contributed by atoms with Crippen LogP contribution in [0.5, 0.6) is 0 Å². The molecule has 21 heavy (non-hydrogen) atoms. The van der Waals surface area contributed by atoms with Crippen molar-refractivity contribution < 1.29 is 22.4 Å². The van der Waals surface area contributed by atoms with Crippen LogP contribution >= 0.6 is 0 Å². The molecule has 0 heterocycles. The molecular weight excluding hydrogens is 286 g/mol. The number of oxime groups is 1. The minimum atomic E-state index is -4.44. The zero-order valence-corrected chi connectivity index (χ0v) is 10.8. The quantitative estimate of drug-likeness (QED) is 0.466. The van der Waals surface area contributed by atoms with Crippen molar-refractivity contribution in [2.75, 3.05) is 0 Å². The number of hydrogen-bond acceptors (Lipinski definition) is 2. The Morgan fingerprint density at radius 1 is 1.00 bits per heavy atom. The third kappa shape index (κ3) is 4.30. The highest BCUT2D eigenvalue weighted by molar-refractivity contribution is 5.81. The van der Waals surface area contributed by atoms with Crippen LogP contribution in [0.25, 0.3) is 0 Å². The minimum Gasteiger partial charge on any atom is -0.391 e. The first-order valence-electron chi connectivity index (χ1n) is 6.03. The molecule has 0 aliphatic carbocycles. The maximum Gasteiger partial charge on any atom is 0.417 e. The van der Waals surface area contributed by atoms with E-state index in [0.29, 0.717) is 5.56 Å². The topological polar surface area (TPSA) is 21.6 Å². The molecule has 0 saturated heterocycles. The zero-order valence-electron chi connectivity index (χ0n) is 10.8. The first kappa shape index (κ1) is 15.0. The zero-order chi connectivity index (χ0) is 15.3. The van der Waals surface area contributed by atoms with Gasteiger partial charge in [0.15, 0.2) is 0 Å². The predicted molar refractivity (Wildman–Crippen MR) is 70.2 cm³/mol. The highest BCUT2D eigenvalue weighted by Gasteiger charge is 2.32. The summed E-state index contributed by atoms with van der Waals surface area (Å²) in [5.41, 5.74) is -0.194. The molecule has 110 valence electrons. The largest absolute Gasteiger partial charge is 0.417 e. The summed E-state index contributed by atoms with van der Waals surface area (Å²) in [6.45, 7) is 0.0466. The van der Waals surface area contributed by atoms with Gasteiger partial charge in [-0.2, -0.15) is 13.2 Å². The average Bonchev–Trinajstić information content (AvgIpc) is 2.45. The van der Waals surface area contributed by atoms with Gasteiger partial charge in [-0.25, -0.2) is 4.39 Å². The first-order chi connectivity index (χ1) is 9.97. The van der Waals surface area contributed by atoms with E-state index in [0.717, 1.165) is 12.3 Å². The maximum absolute atomic E-state index is 12.7. The number of rotatable bonds is 4. The van der Waals surface area contributed by atoms with Gasteiger partial charge in [0.25, 0.3) is 0 Å². The van der Waals surface area contributed by atoms with Crippen molar-refractivity contribution in [1.29, 1.82) is 0 Å². The van der Waals surface area contributed by atoms with Crippen LogP contribution < -0.4 is 0 Å². The van der Waals surface area contributed by atoms with E-state index in [1.807, 2.05) is 0 Å². The Kier molecular flexibility index (Phi) is 4.57. The van der Waals surface area contributed by atoms with E-state index in [1.165, 1.54) is 42.5 Å². The number of hydrogen-bond donors (Lipinski definition) is 0. The Morgan fingerprint density at radius 2 is 1.67 bits per heavy atom. The molecule has 2 aromatic carbocycles. The van der Waals surface area contributed by atoms with Crippen LogP contribution in [-0.4, -0.2) is 6.21 Å². The SMILES string of the molecule is Fc1ccc(CON=Cc2ccccc2C(F)(F)F)cc1. The second kappa shape index (κ2) is 6.39. The molecular formula is C15H11F4NO. The van der Waals surface area contributed by atoms with Gasteiger partial charge in [-0.15, -0.1) is 0 Å². The molecule has 0 fully saturated rings. The van der Waals surface area contributed by atoms with Crippen LogP contribution in [0.2, 0.25) is 0 Å². The lowest BCUT2D eigenvalue weighted by molar-refractivity contribution is -0.137. The van der Waals surface area contributed by atoms with E-state index in [2.05, 4.69) is 5.16 Å². The van der Waals surface area contributed by atoms with Crippen molar-refractivity contribution in [3.05, 3.63) is 71.0 Å². The van der Waals surface area contributed by atoms with Gasteiger partial charge >= 0.3 is 6.18 Å². The van der Waals surface area contributed by atoms with Gasteiger partial charge in [-0.05, 0) is 23.8 Å². The Bertz CT molecular complexity index is 620. The Morgan fingerprint density at radius 3 is 2.33 bits per heavy atom. The van der Waals surface area contributed by atoms with Crippen LogP contribution in [0.1, 0.15) is 16.7 Å². The van der Waals surface area contributed by atoms with Gasteiger partial charge in [0.1, 0.15) is 12.4 Å². The molecule has 0 atom stereocenters. The van der Waals surface area contributed by atoms with E-state index >= 15 is 0 Å². The molecule has 0 aromatic heterocycles. The molecule has 2 nitrogen and oxygen atoms in total. The summed E-state index contributed by atoms with van der Waals surface area (Å²) in [5.74, 6) is -0.374. The van der Waals surface area contributed by atoms with E-state index in [-0.39, 0.29) is 18.0 Å². The Hall–Kier alpha value is -2.37. The van der Waals surface area contributed by atoms with Crippen molar-refractivity contribution in [3.63, 3.8) is 0 Å². The van der Waals surface area contributed by atoms with Crippen molar-refractivity contribution in [2.45, 2.75) is 12.8 Å². The molecule has 2 rings (SSSR count). The lowest BCUT2D eigenvalue weighted by Gasteiger charge is -2.09. The summed E-state index contributed by atoms with van der Waals surface area (Å²) < 4.78 is 50.8. The second-order valence-corrected chi connectivity index (χ2v) is 4.22. The summed E-state index contributed by atoms with van der Waals surface area (Å²) in [6, 6.07) is 10.6. The summed E-state index contributed by atoms with van der Waals surface area (Å²) in [5, 5.41) is 3.51. The summed E-state index contributed by atoms with van der Waals surface area (Å²) >= 11 is 0. The molecule has 0 unspecified atom stereocenters. The Labute approximate surface area is 118 Å². The fourth-order valence-corrected chi connectivity index (χ4v) is 1.65. The minimum absolute atomic E-state index is 0.0466. The lowest BCUT2D eigenvalue weighted by Crippen LogP contribution is -2.08. The smallest absolute Gasteiger partial charge is 0.391 e. The summed E-state index contributed by atoms with van der Waals surface area (Å²) in [6.07, 6.45) is -3.44. The number of alkyl halides is 3. The van der Waals surface area contributed by atoms with Crippen molar-refractivity contribution in [1.82, 2.24) is 0 Å². The van der Waals surface area contributed by atoms with Gasteiger partial charge in [-0.1, -0.05) is 35.5 Å². The molecule has 0 aliphatic heterocycles. The van der Waals surface area contributed by atoms with Gasteiger partial charge < -0.3 is 4.84 Å². The van der Waals surface area contributed by atoms with Crippen molar-refractivity contribution >= 4 is 6.21 Å². The van der Waals surface area contributed by atoms with Crippen LogP contribution in [0.4, 0.5) is 17.6 Å². The molecule has 6 heteroatoms. The lowest BCUT2D eigenvalue weighted by atomic mass is 10.1. The monoisotopic (exact) mass is 297 g/mol. The van der Waals surface area contributed by atoms with E-state index in [9.17, 15) is 17.6 Å². The van der Waals surface area contributed by atoms with Gasteiger partial charge in [0, 0.05) is 5.56 Å². The average molecular weight is 297 g/mol. The standard InChI is InChI=1S/C15H11F4NO/c16-13-7-5-11(6-8-13)10-21-20-9-12-3-1-2-4-14(12)15(17,18)19/h1-9H,10H2. The number of nitrogens with zero attached hydrogens (tertiary/aromatic N) is 1. The molecule has 0 saturated carbocycles. The highest BCUT2D eigenvalue weighted by atomic mass is 19.4.